The van der Waals surface area contributed by atoms with Crippen LogP contribution < -0.4 is 0 Å². The smallest absolute Gasteiger partial charge is 0.411 e. The Morgan fingerprint density at radius 3 is 2.33 bits per heavy atom. The van der Waals surface area contributed by atoms with E-state index in [1.54, 1.807) is 30.9 Å². The molecular weight excluding hydrogens is 476 g/mol. The van der Waals surface area contributed by atoms with Crippen molar-refractivity contribution in [3.8, 4) is 11.1 Å². The molecule has 4 rings (SSSR count). The van der Waals surface area contributed by atoms with E-state index in [0.29, 0.717) is 19.4 Å². The van der Waals surface area contributed by atoms with Gasteiger partial charge in [-0.2, -0.15) is 0 Å². The van der Waals surface area contributed by atoms with Gasteiger partial charge in [0.1, 0.15) is 5.60 Å². The maximum atomic E-state index is 13.3. The molecule has 1 N–H and O–H groups in total. The Bertz CT molecular complexity index is 1330. The fourth-order valence-electron chi connectivity index (χ4n) is 4.82. The van der Waals surface area contributed by atoms with E-state index in [4.69, 9.17) is 4.74 Å². The van der Waals surface area contributed by atoms with Crippen molar-refractivity contribution in [3.63, 3.8) is 0 Å². The second-order valence-electron chi connectivity index (χ2n) is 10.1. The van der Waals surface area contributed by atoms with Crippen LogP contribution in [0.25, 0.3) is 11.1 Å². The Labute approximate surface area is 212 Å². The van der Waals surface area contributed by atoms with Crippen LogP contribution in [0.1, 0.15) is 50.8 Å². The van der Waals surface area contributed by atoms with Crippen LogP contribution in [0.5, 0.6) is 0 Å². The van der Waals surface area contributed by atoms with E-state index in [-0.39, 0.29) is 11.1 Å². The molecular formula is C28H32N2O5S. The van der Waals surface area contributed by atoms with E-state index in [1.165, 1.54) is 6.20 Å². The zero-order chi connectivity index (χ0) is 26.1. The Morgan fingerprint density at radius 1 is 1.08 bits per heavy atom. The second kappa shape index (κ2) is 9.67. The number of cyclic esters (lactones) is 1. The number of rotatable bonds is 7. The number of benzene rings is 2. The number of carbonyl (C=O) groups excluding carboxylic acids is 1. The number of pyridine rings is 1. The van der Waals surface area contributed by atoms with Gasteiger partial charge in [-0.3, -0.25) is 0 Å². The van der Waals surface area contributed by atoms with E-state index >= 15 is 0 Å². The lowest BCUT2D eigenvalue weighted by Crippen LogP contribution is -2.51. The molecule has 0 unspecified atom stereocenters. The lowest BCUT2D eigenvalue weighted by molar-refractivity contribution is -0.101. The first kappa shape index (κ1) is 25.9. The number of carbonyl (C=O) groups is 1. The molecule has 0 spiro atoms. The summed E-state index contributed by atoms with van der Waals surface area (Å²) in [6, 6.07) is 20.4. The highest BCUT2D eigenvalue weighted by atomic mass is 32.2. The summed E-state index contributed by atoms with van der Waals surface area (Å²) in [7, 11) is -3.40. The Hall–Kier alpha value is -3.23. The number of ether oxygens (including phenoxy) is 1. The number of hydrogen-bond donors (Lipinski definition) is 1. The lowest BCUT2D eigenvalue weighted by Gasteiger charge is -2.45. The van der Waals surface area contributed by atoms with Crippen LogP contribution in [0.15, 0.2) is 78.0 Å². The standard InChI is InChI=1S/C28H32N2O5S/c1-20(21-10-12-22(13-11-21)23-14-16-29-25(18-23)36(4,33)34)30-17-15-28(35-26(30)31,19-27(2,3)32)24-8-6-5-7-9-24/h5-14,16,18,20,32H,15,17,19H2,1-4H3/t20-,28-/m0/s1. The van der Waals surface area contributed by atoms with Crippen molar-refractivity contribution in [3.05, 3.63) is 84.1 Å². The molecule has 0 saturated carbocycles. The van der Waals surface area contributed by atoms with E-state index in [2.05, 4.69) is 4.98 Å². The van der Waals surface area contributed by atoms with E-state index in [1.807, 2.05) is 61.5 Å². The summed E-state index contributed by atoms with van der Waals surface area (Å²) < 4.78 is 29.8. The van der Waals surface area contributed by atoms with Crippen LogP contribution in [0.2, 0.25) is 0 Å². The first-order valence-corrected chi connectivity index (χ1v) is 13.8. The third-order valence-electron chi connectivity index (χ3n) is 6.60. The number of aromatic nitrogens is 1. The van der Waals surface area contributed by atoms with Gasteiger partial charge < -0.3 is 14.7 Å². The monoisotopic (exact) mass is 508 g/mol. The van der Waals surface area contributed by atoms with Crippen molar-refractivity contribution >= 4 is 15.9 Å². The Balaban J connectivity index is 1.54. The molecule has 2 heterocycles. The highest BCUT2D eigenvalue weighted by Crippen LogP contribution is 2.42. The molecule has 0 bridgehead atoms. The Morgan fingerprint density at radius 2 is 1.75 bits per heavy atom. The predicted molar refractivity (Wildman–Crippen MR) is 138 cm³/mol. The predicted octanol–water partition coefficient (Wildman–Crippen LogP) is 5.11. The maximum Gasteiger partial charge on any atom is 0.411 e. The SMILES string of the molecule is C[C@@H](c1ccc(-c2ccnc(S(C)(=O)=O)c2)cc1)N1CC[C@](CC(C)(C)O)(c2ccccc2)OC1=O. The van der Waals surface area contributed by atoms with Crippen LogP contribution in [0, 0.1) is 0 Å². The number of aliphatic hydroxyl groups is 1. The summed E-state index contributed by atoms with van der Waals surface area (Å²) in [5.74, 6) is 0. The van der Waals surface area contributed by atoms with Crippen LogP contribution in [-0.4, -0.2) is 47.9 Å². The number of sulfone groups is 1. The molecule has 1 aliphatic heterocycles. The lowest BCUT2D eigenvalue weighted by atomic mass is 9.80. The summed E-state index contributed by atoms with van der Waals surface area (Å²) >= 11 is 0. The third-order valence-corrected chi connectivity index (χ3v) is 7.58. The van der Waals surface area contributed by atoms with Gasteiger partial charge in [0.25, 0.3) is 0 Å². The number of hydrogen-bond acceptors (Lipinski definition) is 6. The molecule has 2 atom stereocenters. The van der Waals surface area contributed by atoms with Gasteiger partial charge >= 0.3 is 6.09 Å². The largest absolute Gasteiger partial charge is 0.438 e. The van der Waals surface area contributed by atoms with Crippen molar-refractivity contribution in [1.29, 1.82) is 0 Å². The van der Waals surface area contributed by atoms with Gasteiger partial charge in [0.15, 0.2) is 14.9 Å². The van der Waals surface area contributed by atoms with Gasteiger partial charge in [0, 0.05) is 31.8 Å². The zero-order valence-corrected chi connectivity index (χ0v) is 21.8. The molecule has 1 aromatic heterocycles. The average Bonchev–Trinajstić information content (AvgIpc) is 2.83. The molecule has 36 heavy (non-hydrogen) atoms. The first-order chi connectivity index (χ1) is 16.9. The molecule has 7 nitrogen and oxygen atoms in total. The highest BCUT2D eigenvalue weighted by molar-refractivity contribution is 7.90. The van der Waals surface area contributed by atoms with Crippen molar-refractivity contribution in [1.82, 2.24) is 9.88 Å². The number of nitrogens with zero attached hydrogens (tertiary/aromatic N) is 2. The van der Waals surface area contributed by atoms with Gasteiger partial charge in [-0.05, 0) is 55.2 Å². The van der Waals surface area contributed by atoms with Crippen molar-refractivity contribution in [2.75, 3.05) is 12.8 Å². The Kier molecular flexibility index (Phi) is 6.94. The van der Waals surface area contributed by atoms with Crippen molar-refractivity contribution in [2.45, 2.75) is 55.9 Å². The second-order valence-corrected chi connectivity index (χ2v) is 12.1. The van der Waals surface area contributed by atoms with Crippen LogP contribution >= 0.6 is 0 Å². The third kappa shape index (κ3) is 5.60. The minimum Gasteiger partial charge on any atom is -0.438 e. The van der Waals surface area contributed by atoms with E-state index in [0.717, 1.165) is 28.5 Å². The van der Waals surface area contributed by atoms with Crippen LogP contribution in [0.4, 0.5) is 4.79 Å². The molecule has 190 valence electrons. The van der Waals surface area contributed by atoms with Gasteiger partial charge in [0.05, 0.1) is 11.6 Å². The van der Waals surface area contributed by atoms with E-state index < -0.39 is 27.1 Å². The molecule has 1 aliphatic rings. The van der Waals surface area contributed by atoms with Gasteiger partial charge in [-0.1, -0.05) is 54.6 Å². The van der Waals surface area contributed by atoms with Crippen molar-refractivity contribution in [2.24, 2.45) is 0 Å². The van der Waals surface area contributed by atoms with Crippen molar-refractivity contribution < 1.29 is 23.1 Å². The van der Waals surface area contributed by atoms with Crippen LogP contribution in [-0.2, 0) is 20.2 Å². The topological polar surface area (TPSA) is 96.8 Å². The summed E-state index contributed by atoms with van der Waals surface area (Å²) in [4.78, 5) is 18.9. The minimum absolute atomic E-state index is 0.0291. The molecule has 2 aromatic carbocycles. The first-order valence-electron chi connectivity index (χ1n) is 11.9. The number of amides is 1. The zero-order valence-electron chi connectivity index (χ0n) is 21.0. The molecule has 0 radical (unpaired) electrons. The summed E-state index contributed by atoms with van der Waals surface area (Å²) in [6.45, 7) is 5.89. The molecule has 8 heteroatoms. The highest BCUT2D eigenvalue weighted by Gasteiger charge is 2.46. The average molecular weight is 509 g/mol. The van der Waals surface area contributed by atoms with Gasteiger partial charge in [-0.15, -0.1) is 0 Å². The van der Waals surface area contributed by atoms with Gasteiger partial charge in [0.2, 0.25) is 0 Å². The molecule has 1 fully saturated rings. The molecule has 1 amide bonds. The summed E-state index contributed by atoms with van der Waals surface area (Å²) in [6.07, 6.45) is 3.06. The quantitative estimate of drug-likeness (QED) is 0.476. The molecule has 3 aromatic rings. The summed E-state index contributed by atoms with van der Waals surface area (Å²) in [5.41, 5.74) is 1.51. The molecule has 0 aliphatic carbocycles. The van der Waals surface area contributed by atoms with Gasteiger partial charge in [-0.25, -0.2) is 18.2 Å². The van der Waals surface area contributed by atoms with Crippen LogP contribution in [0.3, 0.4) is 0 Å². The maximum absolute atomic E-state index is 13.3. The van der Waals surface area contributed by atoms with E-state index in [9.17, 15) is 18.3 Å². The molecule has 1 saturated heterocycles. The fraction of sp³-hybridized carbons (Fsp3) is 0.357. The minimum atomic E-state index is -3.40. The summed E-state index contributed by atoms with van der Waals surface area (Å²) in [5, 5.41) is 10.6. The fourth-order valence-corrected chi connectivity index (χ4v) is 5.41. The normalized spacial score (nSPS) is 19.6.